The Morgan fingerprint density at radius 2 is 1.80 bits per heavy atom. The van der Waals surface area contributed by atoms with E-state index in [1.807, 2.05) is 0 Å². The van der Waals surface area contributed by atoms with Gasteiger partial charge in [-0.15, -0.1) is 0 Å². The Bertz CT molecular complexity index is 1310. The van der Waals surface area contributed by atoms with Gasteiger partial charge in [-0.25, -0.2) is 4.98 Å². The zero-order chi connectivity index (χ0) is 26.1. The number of aryl methyl sites for hydroxylation is 1. The van der Waals surface area contributed by atoms with Crippen LogP contribution in [-0.2, 0) is 4.79 Å². The first-order valence-electron chi connectivity index (χ1n) is 10.4. The van der Waals surface area contributed by atoms with E-state index in [2.05, 4.69) is 10.3 Å². The van der Waals surface area contributed by atoms with Crippen LogP contribution in [0.3, 0.4) is 0 Å². The van der Waals surface area contributed by atoms with Gasteiger partial charge in [0.05, 0.1) is 38.1 Å². The van der Waals surface area contributed by atoms with Crippen molar-refractivity contribution in [1.82, 2.24) is 14.9 Å². The van der Waals surface area contributed by atoms with Crippen molar-refractivity contribution in [2.24, 2.45) is 0 Å². The van der Waals surface area contributed by atoms with E-state index in [1.54, 1.807) is 25.3 Å². The summed E-state index contributed by atoms with van der Waals surface area (Å²) in [7, 11) is 1.37. The smallest absolute Gasteiger partial charge is 0.252 e. The van der Waals surface area contributed by atoms with Gasteiger partial charge in [0.25, 0.3) is 5.91 Å². The molecule has 0 aliphatic carbocycles. The third kappa shape index (κ3) is 5.99. The minimum absolute atomic E-state index is 0.0130. The zero-order valence-electron chi connectivity index (χ0n) is 19.4. The Hall–Kier alpha value is -2.56. The first-order valence-corrected chi connectivity index (χ1v) is 11.6. The summed E-state index contributed by atoms with van der Waals surface area (Å²) in [6.45, 7) is 4.46. The summed E-state index contributed by atoms with van der Waals surface area (Å²) >= 11 is 19.6. The van der Waals surface area contributed by atoms with E-state index in [-0.39, 0.29) is 38.5 Å². The van der Waals surface area contributed by atoms with Crippen LogP contribution in [0.1, 0.15) is 19.5 Å². The van der Waals surface area contributed by atoms with Gasteiger partial charge in [-0.2, -0.15) is 0 Å². The molecule has 3 aromatic rings. The number of pyridine rings is 2. The number of carbonyl (C=O) groups excluding carboxylic acids is 1. The number of carbonyl (C=O) groups is 1. The number of halogens is 3. The topological polar surface area (TPSA) is 123 Å². The molecule has 0 saturated carbocycles. The molecule has 3 rings (SSSR count). The van der Waals surface area contributed by atoms with E-state index in [0.717, 1.165) is 0 Å². The maximum atomic E-state index is 13.0. The molecule has 0 radical (unpaired) electrons. The highest BCUT2D eigenvalue weighted by molar-refractivity contribution is 6.39. The molecular formula is C23H24Cl3N3O6. The average Bonchev–Trinajstić information content (AvgIpc) is 2.77. The van der Waals surface area contributed by atoms with Crippen LogP contribution in [0, 0.1) is 6.92 Å². The van der Waals surface area contributed by atoms with Crippen molar-refractivity contribution in [3.05, 3.63) is 55.4 Å². The second-order valence-electron chi connectivity index (χ2n) is 8.40. The largest absolute Gasteiger partial charge is 0.491 e. The van der Waals surface area contributed by atoms with Gasteiger partial charge in [0.1, 0.15) is 24.3 Å². The lowest BCUT2D eigenvalue weighted by molar-refractivity contribution is -0.130. The van der Waals surface area contributed by atoms with Gasteiger partial charge in [-0.3, -0.25) is 9.59 Å². The standard InChI is InChI=1S/C23H24Cl3N3O6/c1-11-5-16(30)18-20(15(26)8-28-22(18)34-9-17(31)21(32)27-4)29(11)19-13(24)6-12(7-14(19)25)35-10-23(2,3)33/h5-8,17,31,33H,9-10H2,1-4H3,(H,27,32)/t17-/m0/s1. The predicted octanol–water partition coefficient (Wildman–Crippen LogP) is 3.29. The van der Waals surface area contributed by atoms with Gasteiger partial charge in [-0.05, 0) is 20.8 Å². The number of nitrogens with one attached hydrogen (secondary N) is 1. The van der Waals surface area contributed by atoms with Crippen LogP contribution in [0.2, 0.25) is 15.1 Å². The number of rotatable bonds is 8. The minimum atomic E-state index is -1.47. The number of fused-ring (bicyclic) bond motifs is 1. The molecule has 0 spiro atoms. The molecule has 0 fully saturated rings. The van der Waals surface area contributed by atoms with E-state index in [9.17, 15) is 19.8 Å². The number of nitrogens with zero attached hydrogens (tertiary/aromatic N) is 2. The van der Waals surface area contributed by atoms with Crippen molar-refractivity contribution in [2.45, 2.75) is 32.5 Å². The third-order valence-corrected chi connectivity index (χ3v) is 5.72. The molecule has 1 aromatic carbocycles. The molecule has 35 heavy (non-hydrogen) atoms. The number of aliphatic hydroxyl groups is 2. The number of ether oxygens (including phenoxy) is 2. The van der Waals surface area contributed by atoms with Gasteiger partial charge >= 0.3 is 0 Å². The average molecular weight is 545 g/mol. The molecule has 12 heteroatoms. The lowest BCUT2D eigenvalue weighted by Crippen LogP contribution is -2.36. The summed E-state index contributed by atoms with van der Waals surface area (Å²) in [5.74, 6) is -0.431. The van der Waals surface area contributed by atoms with Gasteiger partial charge in [0.15, 0.2) is 11.5 Å². The van der Waals surface area contributed by atoms with Crippen LogP contribution in [0.25, 0.3) is 16.6 Å². The summed E-state index contributed by atoms with van der Waals surface area (Å²) in [6.07, 6.45) is -0.190. The van der Waals surface area contributed by atoms with E-state index in [1.165, 1.54) is 31.4 Å². The molecule has 0 bridgehead atoms. The fourth-order valence-electron chi connectivity index (χ4n) is 3.30. The Balaban J connectivity index is 2.17. The Kier molecular flexibility index (Phi) is 8.18. The lowest BCUT2D eigenvalue weighted by Gasteiger charge is -2.21. The second kappa shape index (κ2) is 10.6. The SMILES string of the molecule is CNC(=O)[C@@H](O)COc1ncc(Cl)c2c1c(=O)cc(C)n2-c1c(Cl)cc(OCC(C)(C)O)cc1Cl. The Morgan fingerprint density at radius 1 is 1.17 bits per heavy atom. The summed E-state index contributed by atoms with van der Waals surface area (Å²) in [5, 5.41) is 22.7. The first kappa shape index (κ1) is 27.0. The number of benzene rings is 1. The van der Waals surface area contributed by atoms with Crippen LogP contribution >= 0.6 is 34.8 Å². The van der Waals surface area contributed by atoms with Crippen molar-refractivity contribution < 1.29 is 24.5 Å². The number of hydrogen-bond acceptors (Lipinski definition) is 7. The number of aromatic nitrogens is 2. The molecule has 2 aromatic heterocycles. The van der Waals surface area contributed by atoms with E-state index < -0.39 is 29.6 Å². The van der Waals surface area contributed by atoms with E-state index in [4.69, 9.17) is 44.3 Å². The van der Waals surface area contributed by atoms with E-state index >= 15 is 0 Å². The molecule has 0 saturated heterocycles. The summed E-state index contributed by atoms with van der Waals surface area (Å²) in [6, 6.07) is 4.40. The van der Waals surface area contributed by atoms with Gasteiger partial charge < -0.3 is 29.6 Å². The number of hydrogen-bond donors (Lipinski definition) is 3. The monoisotopic (exact) mass is 543 g/mol. The molecule has 2 heterocycles. The molecule has 188 valence electrons. The highest BCUT2D eigenvalue weighted by Gasteiger charge is 2.23. The molecule has 0 aliphatic rings. The van der Waals surface area contributed by atoms with Crippen molar-refractivity contribution in [3.8, 4) is 17.3 Å². The number of likely N-dealkylation sites (N-methyl/N-ethyl adjacent to an activating group) is 1. The van der Waals surface area contributed by atoms with Crippen LogP contribution in [0.15, 0.2) is 29.2 Å². The highest BCUT2D eigenvalue weighted by atomic mass is 35.5. The molecule has 9 nitrogen and oxygen atoms in total. The molecule has 1 atom stereocenters. The van der Waals surface area contributed by atoms with Gasteiger partial charge in [0, 0.05) is 30.9 Å². The minimum Gasteiger partial charge on any atom is -0.491 e. The van der Waals surface area contributed by atoms with Crippen molar-refractivity contribution >= 4 is 51.6 Å². The maximum Gasteiger partial charge on any atom is 0.252 e. The third-order valence-electron chi connectivity index (χ3n) is 4.87. The van der Waals surface area contributed by atoms with Gasteiger partial charge in [-0.1, -0.05) is 34.8 Å². The van der Waals surface area contributed by atoms with Crippen molar-refractivity contribution in [3.63, 3.8) is 0 Å². The molecule has 0 unspecified atom stereocenters. The second-order valence-corrected chi connectivity index (χ2v) is 9.62. The van der Waals surface area contributed by atoms with Crippen LogP contribution in [0.4, 0.5) is 0 Å². The maximum absolute atomic E-state index is 13.0. The Morgan fingerprint density at radius 3 is 2.37 bits per heavy atom. The molecular weight excluding hydrogens is 521 g/mol. The van der Waals surface area contributed by atoms with Crippen LogP contribution in [-0.4, -0.2) is 57.6 Å². The van der Waals surface area contributed by atoms with Crippen LogP contribution in [0.5, 0.6) is 11.6 Å². The summed E-state index contributed by atoms with van der Waals surface area (Å²) in [4.78, 5) is 28.6. The number of aliphatic hydroxyl groups excluding tert-OH is 1. The molecule has 1 amide bonds. The van der Waals surface area contributed by atoms with Crippen molar-refractivity contribution in [1.29, 1.82) is 0 Å². The summed E-state index contributed by atoms with van der Waals surface area (Å²) in [5.41, 5.74) is -0.474. The number of amides is 1. The van der Waals surface area contributed by atoms with Crippen molar-refractivity contribution in [2.75, 3.05) is 20.3 Å². The first-order chi connectivity index (χ1) is 16.3. The fraction of sp³-hybridized carbons (Fsp3) is 0.348. The zero-order valence-corrected chi connectivity index (χ0v) is 21.6. The molecule has 0 aliphatic heterocycles. The summed E-state index contributed by atoms with van der Waals surface area (Å²) < 4.78 is 12.7. The molecule has 3 N–H and O–H groups in total. The van der Waals surface area contributed by atoms with Gasteiger partial charge in [0.2, 0.25) is 5.88 Å². The normalized spacial score (nSPS) is 12.5. The fourth-order valence-corrected chi connectivity index (χ4v) is 4.17. The van der Waals surface area contributed by atoms with E-state index in [0.29, 0.717) is 17.1 Å². The Labute approximate surface area is 216 Å². The predicted molar refractivity (Wildman–Crippen MR) is 134 cm³/mol. The van der Waals surface area contributed by atoms with Crippen LogP contribution < -0.4 is 20.2 Å². The highest BCUT2D eigenvalue weighted by Crippen LogP contribution is 2.38. The quantitative estimate of drug-likeness (QED) is 0.398. The lowest BCUT2D eigenvalue weighted by atomic mass is 10.1.